The van der Waals surface area contributed by atoms with Crippen LogP contribution in [-0.2, 0) is 29.1 Å². The van der Waals surface area contributed by atoms with E-state index in [0.717, 1.165) is 32.1 Å². The summed E-state index contributed by atoms with van der Waals surface area (Å²) < 4.78 is 33.5. The number of carbonyl (C=O) groups excluding carboxylic acids is 4. The van der Waals surface area contributed by atoms with Crippen molar-refractivity contribution in [3.8, 4) is 0 Å². The molecule has 4 aliphatic rings. The minimum atomic E-state index is -3.85. The molecule has 2 saturated carbocycles. The molecule has 40 heavy (non-hydrogen) atoms. The Balaban J connectivity index is 1.54. The molecule has 2 aliphatic heterocycles. The van der Waals surface area contributed by atoms with Crippen molar-refractivity contribution in [1.82, 2.24) is 20.3 Å². The zero-order valence-electron chi connectivity index (χ0n) is 23.9. The average molecular weight is 581 g/mol. The summed E-state index contributed by atoms with van der Waals surface area (Å²) in [5.74, 6) is -1.88. The van der Waals surface area contributed by atoms with Gasteiger partial charge in [0.15, 0.2) is 0 Å². The molecule has 0 aromatic carbocycles. The number of alkyl carbamates (subject to hydrolysis) is 1. The van der Waals surface area contributed by atoms with Crippen molar-refractivity contribution in [2.75, 3.05) is 6.54 Å². The van der Waals surface area contributed by atoms with E-state index in [1.807, 2.05) is 12.2 Å². The molecule has 0 aromatic heterocycles. The Kier molecular flexibility index (Phi) is 9.16. The van der Waals surface area contributed by atoms with Gasteiger partial charge < -0.3 is 20.3 Å². The number of nitrogens with one attached hydrogen (secondary N) is 3. The lowest BCUT2D eigenvalue weighted by atomic mass is 10.0. The van der Waals surface area contributed by atoms with Gasteiger partial charge in [0.1, 0.15) is 23.2 Å². The molecule has 2 heterocycles. The fourth-order valence-corrected chi connectivity index (χ4v) is 7.61. The molecule has 4 amide bonds. The fourth-order valence-electron chi connectivity index (χ4n) is 6.05. The first kappa shape index (κ1) is 30.3. The predicted molar refractivity (Wildman–Crippen MR) is 148 cm³/mol. The molecule has 11 nitrogen and oxygen atoms in total. The number of carbonyl (C=O) groups is 4. The molecule has 0 radical (unpaired) electrons. The molecule has 12 heteroatoms. The summed E-state index contributed by atoms with van der Waals surface area (Å²) in [5.41, 5.74) is -2.10. The zero-order chi connectivity index (χ0) is 29.1. The highest BCUT2D eigenvalue weighted by Crippen LogP contribution is 2.46. The molecule has 0 spiro atoms. The summed E-state index contributed by atoms with van der Waals surface area (Å²) in [7, 11) is -3.85. The quantitative estimate of drug-likeness (QED) is 0.433. The summed E-state index contributed by atoms with van der Waals surface area (Å²) in [4.78, 5) is 54.7. The summed E-state index contributed by atoms with van der Waals surface area (Å²) in [6, 6.07) is -1.66. The van der Waals surface area contributed by atoms with Gasteiger partial charge in [-0.25, -0.2) is 13.2 Å². The molecule has 224 valence electrons. The molecule has 4 atom stereocenters. The first-order chi connectivity index (χ1) is 18.8. The first-order valence-electron chi connectivity index (χ1n) is 14.7. The molecule has 3 N–H and O–H groups in total. The van der Waals surface area contributed by atoms with Gasteiger partial charge in [-0.2, -0.15) is 0 Å². The van der Waals surface area contributed by atoms with E-state index < -0.39 is 56.4 Å². The van der Waals surface area contributed by atoms with Crippen molar-refractivity contribution in [2.24, 2.45) is 5.92 Å². The Labute approximate surface area is 237 Å². The minimum absolute atomic E-state index is 0.296. The van der Waals surface area contributed by atoms with E-state index in [1.165, 1.54) is 4.90 Å². The number of hydrogen-bond acceptors (Lipinski definition) is 7. The van der Waals surface area contributed by atoms with Gasteiger partial charge in [-0.15, -0.1) is 0 Å². The van der Waals surface area contributed by atoms with Crippen LogP contribution in [0, 0.1) is 5.92 Å². The molecular weight excluding hydrogens is 536 g/mol. The van der Waals surface area contributed by atoms with Crippen LogP contribution in [0.1, 0.15) is 97.8 Å². The van der Waals surface area contributed by atoms with Crippen LogP contribution in [0.5, 0.6) is 0 Å². The van der Waals surface area contributed by atoms with Crippen molar-refractivity contribution < 1.29 is 32.3 Å². The largest absolute Gasteiger partial charge is 0.444 e. The van der Waals surface area contributed by atoms with Crippen LogP contribution in [0.3, 0.4) is 0 Å². The summed E-state index contributed by atoms with van der Waals surface area (Å²) in [6.45, 7) is 5.59. The number of fused-ring (bicyclic) bond motifs is 2. The third-order valence-electron chi connectivity index (χ3n) is 8.30. The highest BCUT2D eigenvalue weighted by molar-refractivity contribution is 7.90. The van der Waals surface area contributed by atoms with Crippen LogP contribution < -0.4 is 15.4 Å². The van der Waals surface area contributed by atoms with E-state index in [0.29, 0.717) is 51.5 Å². The Morgan fingerprint density at radius 3 is 2.42 bits per heavy atom. The summed E-state index contributed by atoms with van der Waals surface area (Å²) >= 11 is 0. The molecule has 4 rings (SSSR count). The highest BCUT2D eigenvalue weighted by Gasteiger charge is 2.61. The second kappa shape index (κ2) is 12.1. The van der Waals surface area contributed by atoms with E-state index in [9.17, 15) is 27.6 Å². The Morgan fingerprint density at radius 1 is 1.02 bits per heavy atom. The van der Waals surface area contributed by atoms with Gasteiger partial charge in [-0.3, -0.25) is 19.1 Å². The molecular formula is C28H44N4O7S. The third kappa shape index (κ3) is 7.16. The molecule has 1 saturated heterocycles. The molecule has 3 fully saturated rings. The number of sulfonamides is 1. The maximum atomic E-state index is 13.7. The van der Waals surface area contributed by atoms with Gasteiger partial charge in [0.25, 0.3) is 5.91 Å². The molecule has 0 bridgehead atoms. The van der Waals surface area contributed by atoms with Gasteiger partial charge in [-0.1, -0.05) is 37.8 Å². The number of amides is 4. The molecule has 0 aromatic rings. The van der Waals surface area contributed by atoms with Crippen LogP contribution in [0.4, 0.5) is 4.79 Å². The Hall–Kier alpha value is -2.63. The maximum Gasteiger partial charge on any atom is 0.408 e. The van der Waals surface area contributed by atoms with Crippen molar-refractivity contribution in [2.45, 2.75) is 126 Å². The molecule has 4 unspecified atom stereocenters. The zero-order valence-corrected chi connectivity index (χ0v) is 24.7. The van der Waals surface area contributed by atoms with E-state index in [-0.39, 0.29) is 11.8 Å². The predicted octanol–water partition coefficient (Wildman–Crippen LogP) is 2.65. The van der Waals surface area contributed by atoms with E-state index >= 15 is 0 Å². The summed E-state index contributed by atoms with van der Waals surface area (Å²) in [5, 5.41) is 4.97. The fraction of sp³-hybridized carbons (Fsp3) is 0.786. The number of ether oxygens (including phenoxy) is 1. The summed E-state index contributed by atoms with van der Waals surface area (Å²) in [6.07, 6.45) is 10.7. The van der Waals surface area contributed by atoms with Crippen LogP contribution in [0.2, 0.25) is 0 Å². The number of allylic oxidation sites excluding steroid dienone is 1. The monoisotopic (exact) mass is 580 g/mol. The normalized spacial score (nSPS) is 31.2. The van der Waals surface area contributed by atoms with Gasteiger partial charge in [0.05, 0.1) is 5.25 Å². The van der Waals surface area contributed by atoms with Gasteiger partial charge >= 0.3 is 6.09 Å². The molecule has 2 aliphatic carbocycles. The van der Waals surface area contributed by atoms with Crippen molar-refractivity contribution in [3.63, 3.8) is 0 Å². The van der Waals surface area contributed by atoms with E-state index in [4.69, 9.17) is 4.74 Å². The number of hydrogen-bond donors (Lipinski definition) is 3. The number of nitrogens with zero attached hydrogens (tertiary/aromatic N) is 1. The van der Waals surface area contributed by atoms with Crippen LogP contribution in [0.15, 0.2) is 12.2 Å². The lowest BCUT2D eigenvalue weighted by Crippen LogP contribution is -2.58. The SMILES string of the molecule is CC(C)(C)OC(=O)NC1CCCCC/C=C\C2CC2(C(=O)NS(=O)(=O)C2CCCC2)NC(=O)C2CCCN2C1=O. The first-order valence-corrected chi connectivity index (χ1v) is 16.2. The topological polar surface area (TPSA) is 151 Å². The Morgan fingerprint density at radius 2 is 1.73 bits per heavy atom. The maximum absolute atomic E-state index is 13.7. The lowest BCUT2D eigenvalue weighted by molar-refractivity contribution is -0.141. The van der Waals surface area contributed by atoms with Crippen LogP contribution in [0.25, 0.3) is 0 Å². The number of rotatable bonds is 4. The van der Waals surface area contributed by atoms with Crippen molar-refractivity contribution in [3.05, 3.63) is 12.2 Å². The second-order valence-electron chi connectivity index (χ2n) is 12.6. The minimum Gasteiger partial charge on any atom is -0.444 e. The lowest BCUT2D eigenvalue weighted by Gasteiger charge is -2.30. The second-order valence-corrected chi connectivity index (χ2v) is 14.6. The van der Waals surface area contributed by atoms with E-state index in [1.54, 1.807) is 20.8 Å². The van der Waals surface area contributed by atoms with Crippen LogP contribution in [-0.4, -0.2) is 72.2 Å². The third-order valence-corrected chi connectivity index (χ3v) is 10.1. The van der Waals surface area contributed by atoms with E-state index in [2.05, 4.69) is 15.4 Å². The van der Waals surface area contributed by atoms with Gasteiger partial charge in [0.2, 0.25) is 21.8 Å². The highest BCUT2D eigenvalue weighted by atomic mass is 32.2. The van der Waals surface area contributed by atoms with Crippen LogP contribution >= 0.6 is 0 Å². The average Bonchev–Trinajstić information content (AvgIpc) is 3.25. The smallest absolute Gasteiger partial charge is 0.408 e. The van der Waals surface area contributed by atoms with Crippen molar-refractivity contribution in [1.29, 1.82) is 0 Å². The standard InChI is InChI=1S/C28H44N4O7S/c1-27(2,3)39-26(36)29-21-15-8-6-4-5-7-12-19-18-28(19,25(35)31-40(37,38)20-13-9-10-14-20)30-23(33)22-16-11-17-32(22)24(21)34/h7,12,19-22H,4-6,8-11,13-18H2,1-3H3,(H,29,36)(H,30,33)(H,31,35)/b12-7-. The van der Waals surface area contributed by atoms with Gasteiger partial charge in [0, 0.05) is 12.5 Å². The Bertz CT molecular complexity index is 1130. The van der Waals surface area contributed by atoms with Gasteiger partial charge in [-0.05, 0) is 72.1 Å². The van der Waals surface area contributed by atoms with Crippen molar-refractivity contribution >= 4 is 33.8 Å².